The van der Waals surface area contributed by atoms with Gasteiger partial charge in [0.15, 0.2) is 0 Å². The molecule has 3 aliphatic heterocycles. The van der Waals surface area contributed by atoms with Gasteiger partial charge in [-0.1, -0.05) is 0 Å². The summed E-state index contributed by atoms with van der Waals surface area (Å²) in [5.74, 6) is 2.14. The van der Waals surface area contributed by atoms with Gasteiger partial charge in [0, 0.05) is 24.2 Å². The van der Waals surface area contributed by atoms with Gasteiger partial charge in [0.25, 0.3) is 0 Å². The van der Waals surface area contributed by atoms with Crippen LogP contribution in [0.25, 0.3) is 0 Å². The second-order valence-electron chi connectivity index (χ2n) is 5.72. The highest BCUT2D eigenvalue weighted by molar-refractivity contribution is 5.56. The molecule has 0 saturated carbocycles. The highest BCUT2D eigenvalue weighted by Gasteiger charge is 2.30. The molecule has 4 rings (SSSR count). The number of morpholine rings is 1. The van der Waals surface area contributed by atoms with Crippen LogP contribution in [0.15, 0.2) is 6.07 Å². The highest BCUT2D eigenvalue weighted by Crippen LogP contribution is 2.43. The molecular formula is C16H21NO3. The molecule has 4 heteroatoms. The fraction of sp³-hybridized carbons (Fsp3) is 0.625. The predicted octanol–water partition coefficient (Wildman–Crippen LogP) is 2.00. The molecule has 0 aromatic heterocycles. The number of nitrogens with one attached hydrogen (secondary N) is 1. The van der Waals surface area contributed by atoms with E-state index in [0.29, 0.717) is 0 Å². The van der Waals surface area contributed by atoms with Crippen LogP contribution in [0.3, 0.4) is 0 Å². The van der Waals surface area contributed by atoms with E-state index in [1.165, 1.54) is 16.7 Å². The van der Waals surface area contributed by atoms with Crippen LogP contribution in [-0.2, 0) is 17.6 Å². The second-order valence-corrected chi connectivity index (χ2v) is 5.72. The molecule has 0 radical (unpaired) electrons. The molecule has 3 aliphatic rings. The number of hydrogen-bond acceptors (Lipinski definition) is 4. The van der Waals surface area contributed by atoms with E-state index in [1.807, 2.05) is 0 Å². The van der Waals surface area contributed by atoms with Crippen molar-refractivity contribution in [2.75, 3.05) is 32.9 Å². The van der Waals surface area contributed by atoms with Gasteiger partial charge < -0.3 is 19.5 Å². The standard InChI is InChI=1S/C16H21NO3/c1-3-11-9-13-12(4-2-6-18-13)15(16(11)20-7-1)14-10-17-5-8-19-14/h9,14,17H,1-8,10H2. The SMILES string of the molecule is c1c2c(c(C3CNCCO3)c3c1OCCC3)OCCC2. The van der Waals surface area contributed by atoms with E-state index in [4.69, 9.17) is 14.2 Å². The van der Waals surface area contributed by atoms with Gasteiger partial charge in [-0.3, -0.25) is 0 Å². The first-order valence-corrected chi connectivity index (χ1v) is 7.70. The normalized spacial score (nSPS) is 25.1. The van der Waals surface area contributed by atoms with Crippen molar-refractivity contribution in [3.63, 3.8) is 0 Å². The molecule has 0 bridgehead atoms. The summed E-state index contributed by atoms with van der Waals surface area (Å²) in [5, 5.41) is 3.43. The Bertz CT molecular complexity index is 475. The monoisotopic (exact) mass is 275 g/mol. The lowest BCUT2D eigenvalue weighted by molar-refractivity contribution is 0.0245. The molecule has 1 atom stereocenters. The number of ether oxygens (including phenoxy) is 3. The molecule has 1 saturated heterocycles. The Kier molecular flexibility index (Phi) is 3.28. The van der Waals surface area contributed by atoms with E-state index in [-0.39, 0.29) is 6.10 Å². The number of aryl methyl sites for hydroxylation is 1. The van der Waals surface area contributed by atoms with Crippen LogP contribution in [0, 0.1) is 0 Å². The smallest absolute Gasteiger partial charge is 0.128 e. The first-order valence-electron chi connectivity index (χ1n) is 7.70. The maximum absolute atomic E-state index is 6.01. The Morgan fingerprint density at radius 3 is 2.85 bits per heavy atom. The lowest BCUT2D eigenvalue weighted by Gasteiger charge is -2.32. The summed E-state index contributed by atoms with van der Waals surface area (Å²) in [7, 11) is 0. The largest absolute Gasteiger partial charge is 0.493 e. The summed E-state index contributed by atoms with van der Waals surface area (Å²) in [6, 6.07) is 2.20. The third kappa shape index (κ3) is 2.07. The molecule has 1 unspecified atom stereocenters. The van der Waals surface area contributed by atoms with Crippen LogP contribution in [0.4, 0.5) is 0 Å². The molecule has 1 fully saturated rings. The minimum absolute atomic E-state index is 0.104. The zero-order valence-electron chi connectivity index (χ0n) is 11.7. The van der Waals surface area contributed by atoms with Crippen LogP contribution >= 0.6 is 0 Å². The molecule has 1 N–H and O–H groups in total. The fourth-order valence-electron chi connectivity index (χ4n) is 3.46. The van der Waals surface area contributed by atoms with Gasteiger partial charge in [-0.05, 0) is 37.3 Å². The van der Waals surface area contributed by atoms with E-state index in [0.717, 1.165) is 70.1 Å². The average Bonchev–Trinajstić information content (AvgIpc) is 2.53. The third-order valence-corrected chi connectivity index (χ3v) is 4.38. The summed E-state index contributed by atoms with van der Waals surface area (Å²) >= 11 is 0. The lowest BCUT2D eigenvalue weighted by Crippen LogP contribution is -2.34. The first-order chi connectivity index (χ1) is 9.93. The van der Waals surface area contributed by atoms with Crippen LogP contribution in [0.2, 0.25) is 0 Å². The zero-order valence-corrected chi connectivity index (χ0v) is 11.7. The number of fused-ring (bicyclic) bond motifs is 2. The minimum Gasteiger partial charge on any atom is -0.493 e. The van der Waals surface area contributed by atoms with E-state index >= 15 is 0 Å². The van der Waals surface area contributed by atoms with Crippen molar-refractivity contribution in [1.29, 1.82) is 0 Å². The average molecular weight is 275 g/mol. The molecule has 1 aromatic carbocycles. The highest BCUT2D eigenvalue weighted by atomic mass is 16.5. The Hall–Kier alpha value is -1.26. The van der Waals surface area contributed by atoms with E-state index in [2.05, 4.69) is 11.4 Å². The topological polar surface area (TPSA) is 39.7 Å². The molecule has 108 valence electrons. The Balaban J connectivity index is 1.84. The molecule has 20 heavy (non-hydrogen) atoms. The van der Waals surface area contributed by atoms with Crippen LogP contribution in [0.5, 0.6) is 11.5 Å². The molecule has 3 heterocycles. The third-order valence-electron chi connectivity index (χ3n) is 4.38. The van der Waals surface area contributed by atoms with E-state index in [1.54, 1.807) is 0 Å². The molecule has 4 nitrogen and oxygen atoms in total. The maximum Gasteiger partial charge on any atom is 0.128 e. The van der Waals surface area contributed by atoms with Crippen molar-refractivity contribution in [3.8, 4) is 11.5 Å². The zero-order chi connectivity index (χ0) is 13.4. The Morgan fingerprint density at radius 1 is 1.05 bits per heavy atom. The van der Waals surface area contributed by atoms with Crippen molar-refractivity contribution in [2.24, 2.45) is 0 Å². The molecule has 1 aromatic rings. The van der Waals surface area contributed by atoms with Crippen molar-refractivity contribution in [1.82, 2.24) is 5.32 Å². The van der Waals surface area contributed by atoms with Crippen molar-refractivity contribution in [2.45, 2.75) is 31.8 Å². The van der Waals surface area contributed by atoms with Crippen molar-refractivity contribution >= 4 is 0 Å². The molecule has 0 amide bonds. The van der Waals surface area contributed by atoms with Gasteiger partial charge in [0.1, 0.15) is 11.5 Å². The Morgan fingerprint density at radius 2 is 1.95 bits per heavy atom. The molecular weight excluding hydrogens is 254 g/mol. The molecule has 0 aliphatic carbocycles. The van der Waals surface area contributed by atoms with Gasteiger partial charge in [0.05, 0.1) is 25.9 Å². The van der Waals surface area contributed by atoms with Gasteiger partial charge in [0.2, 0.25) is 0 Å². The van der Waals surface area contributed by atoms with E-state index < -0.39 is 0 Å². The predicted molar refractivity (Wildman–Crippen MR) is 75.6 cm³/mol. The van der Waals surface area contributed by atoms with E-state index in [9.17, 15) is 0 Å². The summed E-state index contributed by atoms with van der Waals surface area (Å²) < 4.78 is 17.9. The summed E-state index contributed by atoms with van der Waals surface area (Å²) in [6.07, 6.45) is 4.43. The van der Waals surface area contributed by atoms with Crippen LogP contribution < -0.4 is 14.8 Å². The summed E-state index contributed by atoms with van der Waals surface area (Å²) in [6.45, 7) is 4.22. The van der Waals surface area contributed by atoms with Gasteiger partial charge >= 0.3 is 0 Å². The van der Waals surface area contributed by atoms with Crippen molar-refractivity contribution in [3.05, 3.63) is 22.8 Å². The summed E-state index contributed by atoms with van der Waals surface area (Å²) in [4.78, 5) is 0. The first kappa shape index (κ1) is 12.5. The maximum atomic E-state index is 6.01. The van der Waals surface area contributed by atoms with Crippen molar-refractivity contribution < 1.29 is 14.2 Å². The fourth-order valence-corrected chi connectivity index (χ4v) is 3.46. The van der Waals surface area contributed by atoms with Gasteiger partial charge in [-0.25, -0.2) is 0 Å². The number of benzene rings is 1. The van der Waals surface area contributed by atoms with Crippen LogP contribution in [0.1, 0.15) is 35.6 Å². The summed E-state index contributed by atoms with van der Waals surface area (Å²) in [5.41, 5.74) is 3.86. The van der Waals surface area contributed by atoms with Gasteiger partial charge in [-0.2, -0.15) is 0 Å². The molecule has 0 spiro atoms. The van der Waals surface area contributed by atoms with Crippen LogP contribution in [-0.4, -0.2) is 32.9 Å². The number of rotatable bonds is 1. The Labute approximate surface area is 119 Å². The van der Waals surface area contributed by atoms with Gasteiger partial charge in [-0.15, -0.1) is 0 Å². The second kappa shape index (κ2) is 5.26. The minimum atomic E-state index is 0.104. The lowest BCUT2D eigenvalue weighted by atomic mass is 9.90. The quantitative estimate of drug-likeness (QED) is 0.851. The number of hydrogen-bond donors (Lipinski definition) is 1.